The first kappa shape index (κ1) is 19.4. The second-order valence-corrected chi connectivity index (χ2v) is 7.49. The number of halogens is 1. The van der Waals surface area contributed by atoms with Crippen LogP contribution in [0.3, 0.4) is 0 Å². The molecule has 1 fully saturated rings. The summed E-state index contributed by atoms with van der Waals surface area (Å²) in [6, 6.07) is 5.50. The highest BCUT2D eigenvalue weighted by Gasteiger charge is 2.32. The van der Waals surface area contributed by atoms with Crippen LogP contribution >= 0.6 is 0 Å². The van der Waals surface area contributed by atoms with Gasteiger partial charge in [0.15, 0.2) is 12.6 Å². The fraction of sp³-hybridized carbons (Fsp3) is 0.579. The molecule has 0 bridgehead atoms. The number of benzene rings is 1. The summed E-state index contributed by atoms with van der Waals surface area (Å²) < 4.78 is 13.2. The van der Waals surface area contributed by atoms with Gasteiger partial charge < -0.3 is 15.1 Å². The van der Waals surface area contributed by atoms with Crippen molar-refractivity contribution >= 4 is 17.5 Å². The average molecular weight is 350 g/mol. The van der Waals surface area contributed by atoms with E-state index in [1.807, 2.05) is 18.9 Å². The molecule has 2 N–H and O–H groups in total. The molecule has 4 atom stereocenters. The molecule has 2 amide bonds. The molecular formula is C19H29FN3O2+. The molecular weight excluding hydrogens is 321 g/mol. The van der Waals surface area contributed by atoms with Gasteiger partial charge in [0.25, 0.3) is 11.8 Å². The number of amides is 2. The van der Waals surface area contributed by atoms with Gasteiger partial charge in [-0.2, -0.15) is 0 Å². The van der Waals surface area contributed by atoms with Crippen LogP contribution in [-0.4, -0.2) is 49.4 Å². The van der Waals surface area contributed by atoms with E-state index in [0.717, 1.165) is 24.4 Å². The molecule has 0 saturated carbocycles. The Bertz CT molecular complexity index is 612. The molecule has 0 radical (unpaired) electrons. The van der Waals surface area contributed by atoms with Crippen molar-refractivity contribution in [3.8, 4) is 0 Å². The molecule has 0 aliphatic carbocycles. The third-order valence-electron chi connectivity index (χ3n) is 4.84. The number of nitrogens with one attached hydrogen (secondary N) is 2. The van der Waals surface area contributed by atoms with E-state index in [1.165, 1.54) is 12.1 Å². The normalized spacial score (nSPS) is 23.0. The lowest BCUT2D eigenvalue weighted by Crippen LogP contribution is -3.15. The quantitative estimate of drug-likeness (QED) is 0.838. The smallest absolute Gasteiger partial charge is 0.280 e. The van der Waals surface area contributed by atoms with Crippen molar-refractivity contribution in [3.63, 3.8) is 0 Å². The summed E-state index contributed by atoms with van der Waals surface area (Å²) >= 11 is 0. The minimum atomic E-state index is -0.393. The molecule has 0 aromatic heterocycles. The standard InChI is InChI=1S/C19H28FN3O2/c1-13-8-14(2)11-23(10-13)19(25)15(3)22(4)12-18(24)21-17-7-5-6-16(20)9-17/h5-7,9,13-15H,8,10-12H2,1-4H3,(H,21,24)/p+1/t13-,14-,15+/m0/s1. The second kappa shape index (κ2) is 8.43. The second-order valence-electron chi connectivity index (χ2n) is 7.49. The van der Waals surface area contributed by atoms with Crippen LogP contribution in [0, 0.1) is 17.7 Å². The summed E-state index contributed by atoms with van der Waals surface area (Å²) in [6.07, 6.45) is 1.15. The Labute approximate surface area is 149 Å². The molecule has 0 spiro atoms. The predicted octanol–water partition coefficient (Wildman–Crippen LogP) is 1.17. The van der Waals surface area contributed by atoms with Gasteiger partial charge in [-0.05, 0) is 43.4 Å². The van der Waals surface area contributed by atoms with Crippen molar-refractivity contribution in [1.82, 2.24) is 4.90 Å². The molecule has 25 heavy (non-hydrogen) atoms. The topological polar surface area (TPSA) is 53.9 Å². The SMILES string of the molecule is C[C@H]1C[C@H](C)CN(C(=O)[C@@H](C)[NH+](C)CC(=O)Nc2cccc(F)c2)C1. The highest BCUT2D eigenvalue weighted by atomic mass is 19.1. The van der Waals surface area contributed by atoms with Gasteiger partial charge in [-0.15, -0.1) is 0 Å². The molecule has 138 valence electrons. The van der Waals surface area contributed by atoms with Gasteiger partial charge in [0.1, 0.15) is 5.82 Å². The third-order valence-corrected chi connectivity index (χ3v) is 4.84. The fourth-order valence-corrected chi connectivity index (χ4v) is 3.51. The van der Waals surface area contributed by atoms with Crippen LogP contribution in [0.15, 0.2) is 24.3 Å². The van der Waals surface area contributed by atoms with Crippen molar-refractivity contribution in [2.45, 2.75) is 33.2 Å². The van der Waals surface area contributed by atoms with E-state index in [2.05, 4.69) is 19.2 Å². The number of carbonyl (C=O) groups is 2. The van der Waals surface area contributed by atoms with E-state index in [0.29, 0.717) is 17.5 Å². The van der Waals surface area contributed by atoms with Crippen LogP contribution in [0.1, 0.15) is 27.2 Å². The van der Waals surface area contributed by atoms with Crippen LogP contribution in [0.25, 0.3) is 0 Å². The Morgan fingerprint density at radius 3 is 2.56 bits per heavy atom. The number of rotatable bonds is 5. The lowest BCUT2D eigenvalue weighted by Gasteiger charge is -2.36. The minimum Gasteiger partial charge on any atom is -0.337 e. The maximum Gasteiger partial charge on any atom is 0.280 e. The Hall–Kier alpha value is -1.95. The molecule has 1 heterocycles. The number of likely N-dealkylation sites (tertiary alicyclic amines) is 1. The van der Waals surface area contributed by atoms with E-state index in [4.69, 9.17) is 0 Å². The Balaban J connectivity index is 1.89. The summed E-state index contributed by atoms with van der Waals surface area (Å²) in [5.74, 6) is 0.487. The molecule has 5 nitrogen and oxygen atoms in total. The number of hydrogen-bond acceptors (Lipinski definition) is 2. The molecule has 1 aromatic rings. The van der Waals surface area contributed by atoms with E-state index in [1.54, 1.807) is 12.1 Å². The molecule has 2 rings (SSSR count). The lowest BCUT2D eigenvalue weighted by atomic mass is 9.91. The fourth-order valence-electron chi connectivity index (χ4n) is 3.51. The van der Waals surface area contributed by atoms with E-state index in [9.17, 15) is 14.0 Å². The van der Waals surface area contributed by atoms with E-state index in [-0.39, 0.29) is 24.4 Å². The number of hydrogen-bond donors (Lipinski definition) is 2. The van der Waals surface area contributed by atoms with Crippen LogP contribution < -0.4 is 10.2 Å². The number of nitrogens with zero attached hydrogens (tertiary/aromatic N) is 1. The summed E-state index contributed by atoms with van der Waals surface area (Å²) in [5.41, 5.74) is 0.426. The molecule has 1 aliphatic rings. The van der Waals surface area contributed by atoms with Gasteiger partial charge in [-0.25, -0.2) is 4.39 Å². The first-order chi connectivity index (χ1) is 11.8. The average Bonchev–Trinajstić information content (AvgIpc) is 2.52. The molecule has 6 heteroatoms. The van der Waals surface area contributed by atoms with Gasteiger partial charge in [0, 0.05) is 18.8 Å². The Kier molecular flexibility index (Phi) is 6.53. The number of quaternary nitrogens is 1. The zero-order valence-electron chi connectivity index (χ0n) is 15.5. The number of anilines is 1. The molecule has 1 saturated heterocycles. The van der Waals surface area contributed by atoms with E-state index >= 15 is 0 Å². The van der Waals surface area contributed by atoms with Gasteiger partial charge in [-0.1, -0.05) is 19.9 Å². The van der Waals surface area contributed by atoms with Crippen molar-refractivity contribution in [3.05, 3.63) is 30.1 Å². The summed E-state index contributed by atoms with van der Waals surface area (Å²) in [5, 5.41) is 2.68. The number of piperidine rings is 1. The van der Waals surface area contributed by atoms with Crippen LogP contribution in [0.4, 0.5) is 10.1 Å². The lowest BCUT2D eigenvalue weighted by molar-refractivity contribution is -0.886. The van der Waals surface area contributed by atoms with Gasteiger partial charge in [0.2, 0.25) is 0 Å². The number of carbonyl (C=O) groups excluding carboxylic acids is 2. The van der Waals surface area contributed by atoms with Crippen LogP contribution in [0.2, 0.25) is 0 Å². The first-order valence-electron chi connectivity index (χ1n) is 8.92. The third kappa shape index (κ3) is 5.53. The zero-order chi connectivity index (χ0) is 18.6. The summed E-state index contributed by atoms with van der Waals surface area (Å²) in [7, 11) is 1.84. The summed E-state index contributed by atoms with van der Waals surface area (Å²) in [4.78, 5) is 27.7. The minimum absolute atomic E-state index is 0.0921. The highest BCUT2D eigenvalue weighted by Crippen LogP contribution is 2.21. The molecule has 1 unspecified atom stereocenters. The van der Waals surface area contributed by atoms with Crippen molar-refractivity contribution < 1.29 is 18.9 Å². The predicted molar refractivity (Wildman–Crippen MR) is 95.8 cm³/mol. The van der Waals surface area contributed by atoms with Crippen molar-refractivity contribution in [2.24, 2.45) is 11.8 Å². The first-order valence-corrected chi connectivity index (χ1v) is 8.92. The van der Waals surface area contributed by atoms with E-state index < -0.39 is 5.82 Å². The van der Waals surface area contributed by atoms with Crippen molar-refractivity contribution in [1.29, 1.82) is 0 Å². The Morgan fingerprint density at radius 1 is 1.32 bits per heavy atom. The molecule has 1 aromatic carbocycles. The largest absolute Gasteiger partial charge is 0.337 e. The van der Waals surface area contributed by atoms with Crippen LogP contribution in [-0.2, 0) is 9.59 Å². The maximum atomic E-state index is 13.2. The zero-order valence-corrected chi connectivity index (χ0v) is 15.5. The molecule has 1 aliphatic heterocycles. The summed E-state index contributed by atoms with van der Waals surface area (Å²) in [6.45, 7) is 7.93. The highest BCUT2D eigenvalue weighted by molar-refractivity contribution is 5.91. The van der Waals surface area contributed by atoms with Gasteiger partial charge >= 0.3 is 0 Å². The van der Waals surface area contributed by atoms with Crippen LogP contribution in [0.5, 0.6) is 0 Å². The maximum absolute atomic E-state index is 13.2. The van der Waals surface area contributed by atoms with Gasteiger partial charge in [-0.3, -0.25) is 9.59 Å². The monoisotopic (exact) mass is 350 g/mol. The van der Waals surface area contributed by atoms with Gasteiger partial charge in [0.05, 0.1) is 7.05 Å². The number of likely N-dealkylation sites (N-methyl/N-ethyl adjacent to an activating group) is 1. The Morgan fingerprint density at radius 2 is 1.96 bits per heavy atom. The van der Waals surface area contributed by atoms with Crippen molar-refractivity contribution in [2.75, 3.05) is 32.0 Å².